The number of nitrogens with one attached hydrogen (secondary N) is 1. The number of benzene rings is 1. The lowest BCUT2D eigenvalue weighted by atomic mass is 9.99. The minimum absolute atomic E-state index is 0.0687. The van der Waals surface area contributed by atoms with E-state index in [9.17, 15) is 13.2 Å². The first-order valence-electron chi connectivity index (χ1n) is 9.34. The Labute approximate surface area is 160 Å². The number of carbonyl (C=O) groups is 1. The fraction of sp³-hybridized carbons (Fsp3) is 0.400. The zero-order chi connectivity index (χ0) is 19.3. The van der Waals surface area contributed by atoms with Crippen LogP contribution in [-0.4, -0.2) is 30.2 Å². The number of carbonyl (C=O) groups excluding carboxylic acids is 1. The van der Waals surface area contributed by atoms with Crippen LogP contribution in [-0.2, 0) is 14.8 Å². The predicted molar refractivity (Wildman–Crippen MR) is 105 cm³/mol. The number of pyridine rings is 1. The predicted octanol–water partition coefficient (Wildman–Crippen LogP) is 3.74. The Morgan fingerprint density at radius 1 is 1.22 bits per heavy atom. The van der Waals surface area contributed by atoms with Crippen molar-refractivity contribution in [1.82, 2.24) is 9.29 Å². The molecule has 1 aliphatic heterocycles. The molecule has 1 aromatic carbocycles. The van der Waals surface area contributed by atoms with Crippen LogP contribution in [0, 0.1) is 0 Å². The highest BCUT2D eigenvalue weighted by molar-refractivity contribution is 7.89. The quantitative estimate of drug-likeness (QED) is 0.819. The van der Waals surface area contributed by atoms with Crippen molar-refractivity contribution in [3.63, 3.8) is 0 Å². The van der Waals surface area contributed by atoms with Gasteiger partial charge in [0.05, 0.1) is 10.9 Å². The summed E-state index contributed by atoms with van der Waals surface area (Å²) in [7, 11) is -3.62. The third-order valence-corrected chi connectivity index (χ3v) is 6.67. The summed E-state index contributed by atoms with van der Waals surface area (Å²) in [6.07, 6.45) is 7.27. The van der Waals surface area contributed by atoms with Crippen LogP contribution in [0.4, 0.5) is 5.69 Å². The Bertz CT molecular complexity index is 867. The molecule has 27 heavy (non-hydrogen) atoms. The van der Waals surface area contributed by atoms with Gasteiger partial charge < -0.3 is 5.32 Å². The van der Waals surface area contributed by atoms with Crippen molar-refractivity contribution in [2.75, 3.05) is 11.9 Å². The van der Waals surface area contributed by atoms with Gasteiger partial charge in [0.25, 0.3) is 0 Å². The van der Waals surface area contributed by atoms with Crippen LogP contribution in [0.25, 0.3) is 0 Å². The van der Waals surface area contributed by atoms with Crippen molar-refractivity contribution >= 4 is 21.6 Å². The first-order valence-corrected chi connectivity index (χ1v) is 10.8. The highest BCUT2D eigenvalue weighted by Gasteiger charge is 2.34. The lowest BCUT2D eigenvalue weighted by Gasteiger charge is -2.34. The number of aromatic nitrogens is 1. The number of sulfonamides is 1. The first kappa shape index (κ1) is 19.5. The molecule has 7 heteroatoms. The van der Waals surface area contributed by atoms with Crippen LogP contribution >= 0.6 is 0 Å². The van der Waals surface area contributed by atoms with Gasteiger partial charge in [-0.1, -0.05) is 19.4 Å². The highest BCUT2D eigenvalue weighted by Crippen LogP contribution is 2.35. The van der Waals surface area contributed by atoms with Gasteiger partial charge in [-0.25, -0.2) is 8.42 Å². The van der Waals surface area contributed by atoms with E-state index < -0.39 is 10.0 Å². The monoisotopic (exact) mass is 387 g/mol. The van der Waals surface area contributed by atoms with Crippen LogP contribution < -0.4 is 5.32 Å². The van der Waals surface area contributed by atoms with E-state index in [0.717, 1.165) is 31.2 Å². The Kier molecular flexibility index (Phi) is 6.23. The molecule has 1 unspecified atom stereocenters. The molecule has 1 N–H and O–H groups in total. The maximum atomic E-state index is 13.2. The number of anilines is 1. The SMILES string of the molecule is CCCC(=O)Nc1ccc(S(=O)(=O)N2CCCCC2c2cccnc2)cc1. The summed E-state index contributed by atoms with van der Waals surface area (Å²) >= 11 is 0. The van der Waals surface area contributed by atoms with Crippen molar-refractivity contribution in [2.24, 2.45) is 0 Å². The molecule has 1 fully saturated rings. The zero-order valence-corrected chi connectivity index (χ0v) is 16.3. The van der Waals surface area contributed by atoms with Crippen LogP contribution in [0.2, 0.25) is 0 Å². The summed E-state index contributed by atoms with van der Waals surface area (Å²) in [4.78, 5) is 16.1. The van der Waals surface area contributed by atoms with Crippen LogP contribution in [0.1, 0.15) is 50.6 Å². The van der Waals surface area contributed by atoms with Gasteiger partial charge in [-0.15, -0.1) is 0 Å². The number of hydrogen-bond donors (Lipinski definition) is 1. The van der Waals surface area contributed by atoms with Crippen LogP contribution in [0.5, 0.6) is 0 Å². The van der Waals surface area contributed by atoms with Crippen LogP contribution in [0.15, 0.2) is 53.7 Å². The summed E-state index contributed by atoms with van der Waals surface area (Å²) in [5, 5.41) is 2.78. The third-order valence-electron chi connectivity index (χ3n) is 4.74. The fourth-order valence-electron chi connectivity index (χ4n) is 3.40. The van der Waals surface area contributed by atoms with Crippen molar-refractivity contribution in [3.8, 4) is 0 Å². The largest absolute Gasteiger partial charge is 0.326 e. The van der Waals surface area contributed by atoms with E-state index in [1.54, 1.807) is 41.0 Å². The molecule has 1 saturated heterocycles. The van der Waals surface area contributed by atoms with Gasteiger partial charge in [0.2, 0.25) is 15.9 Å². The third kappa shape index (κ3) is 4.54. The summed E-state index contributed by atoms with van der Waals surface area (Å²) in [5.41, 5.74) is 1.53. The number of nitrogens with zero attached hydrogens (tertiary/aromatic N) is 2. The van der Waals surface area contributed by atoms with E-state index in [-0.39, 0.29) is 16.8 Å². The molecule has 0 saturated carbocycles. The number of piperidine rings is 1. The van der Waals surface area contributed by atoms with Gasteiger partial charge in [0.1, 0.15) is 0 Å². The molecule has 2 heterocycles. The maximum absolute atomic E-state index is 13.2. The van der Waals surface area contributed by atoms with Gasteiger partial charge in [-0.2, -0.15) is 4.31 Å². The molecule has 1 amide bonds. The normalized spacial score (nSPS) is 18.2. The summed E-state index contributed by atoms with van der Waals surface area (Å²) in [6, 6.07) is 9.98. The Balaban J connectivity index is 1.83. The summed E-state index contributed by atoms with van der Waals surface area (Å²) < 4.78 is 28.0. The van der Waals surface area contributed by atoms with Crippen molar-refractivity contribution in [1.29, 1.82) is 0 Å². The Morgan fingerprint density at radius 2 is 2.00 bits per heavy atom. The van der Waals surface area contributed by atoms with E-state index in [4.69, 9.17) is 0 Å². The van der Waals surface area contributed by atoms with Crippen molar-refractivity contribution in [3.05, 3.63) is 54.4 Å². The Morgan fingerprint density at radius 3 is 2.67 bits per heavy atom. The molecule has 1 aromatic heterocycles. The van der Waals surface area contributed by atoms with Gasteiger partial charge in [0, 0.05) is 31.0 Å². The summed E-state index contributed by atoms with van der Waals surface area (Å²) in [5.74, 6) is -0.0687. The molecule has 0 radical (unpaired) electrons. The molecule has 3 rings (SSSR count). The minimum Gasteiger partial charge on any atom is -0.326 e. The van der Waals surface area contributed by atoms with Crippen molar-refractivity contribution in [2.45, 2.75) is 50.0 Å². The van der Waals surface area contributed by atoms with Gasteiger partial charge >= 0.3 is 0 Å². The van der Waals surface area contributed by atoms with Crippen molar-refractivity contribution < 1.29 is 13.2 Å². The first-order chi connectivity index (χ1) is 13.0. The fourth-order valence-corrected chi connectivity index (χ4v) is 5.08. The second-order valence-corrected chi connectivity index (χ2v) is 8.63. The van der Waals surface area contributed by atoms with E-state index in [2.05, 4.69) is 10.3 Å². The molecule has 6 nitrogen and oxygen atoms in total. The van der Waals surface area contributed by atoms with E-state index >= 15 is 0 Å². The van der Waals surface area contributed by atoms with Gasteiger partial charge in [-0.3, -0.25) is 9.78 Å². The maximum Gasteiger partial charge on any atom is 0.243 e. The second-order valence-electron chi connectivity index (χ2n) is 6.74. The molecule has 0 spiro atoms. The molecule has 1 atom stereocenters. The van der Waals surface area contributed by atoms with Gasteiger partial charge in [0.15, 0.2) is 0 Å². The standard InChI is InChI=1S/C20H25N3O3S/c1-2-6-20(24)22-17-9-11-18(12-10-17)27(25,26)23-14-4-3-8-19(23)16-7-5-13-21-15-16/h5,7,9-13,15,19H,2-4,6,8,14H2,1H3,(H,22,24). The highest BCUT2D eigenvalue weighted by atomic mass is 32.2. The smallest absolute Gasteiger partial charge is 0.243 e. The van der Waals surface area contributed by atoms with Gasteiger partial charge in [-0.05, 0) is 55.2 Å². The van der Waals surface area contributed by atoms with Crippen LogP contribution in [0.3, 0.4) is 0 Å². The second kappa shape index (κ2) is 8.63. The summed E-state index contributed by atoms with van der Waals surface area (Å²) in [6.45, 7) is 2.43. The molecule has 144 valence electrons. The number of amides is 1. The number of hydrogen-bond acceptors (Lipinski definition) is 4. The molecule has 2 aromatic rings. The van der Waals surface area contributed by atoms with E-state index in [1.807, 2.05) is 19.1 Å². The Hall–Kier alpha value is -2.25. The number of rotatable bonds is 6. The lowest BCUT2D eigenvalue weighted by Crippen LogP contribution is -2.38. The average Bonchev–Trinajstić information content (AvgIpc) is 2.69. The van der Waals surface area contributed by atoms with E-state index in [0.29, 0.717) is 18.7 Å². The van der Waals surface area contributed by atoms with E-state index in [1.165, 1.54) is 0 Å². The minimum atomic E-state index is -3.62. The molecule has 1 aliphatic rings. The molecular formula is C20H25N3O3S. The molecule has 0 bridgehead atoms. The molecular weight excluding hydrogens is 362 g/mol. The molecule has 0 aliphatic carbocycles. The lowest BCUT2D eigenvalue weighted by molar-refractivity contribution is -0.116. The topological polar surface area (TPSA) is 79.4 Å². The zero-order valence-electron chi connectivity index (χ0n) is 15.5. The average molecular weight is 388 g/mol.